The van der Waals surface area contributed by atoms with E-state index in [1.807, 2.05) is 6.92 Å². The summed E-state index contributed by atoms with van der Waals surface area (Å²) >= 11 is 3.34. The molecule has 0 saturated heterocycles. The third kappa shape index (κ3) is 4.39. The maximum atomic E-state index is 11.9. The predicted molar refractivity (Wildman–Crippen MR) is 70.6 cm³/mol. The van der Waals surface area contributed by atoms with Crippen LogP contribution in [0.3, 0.4) is 0 Å². The number of hydrogen-bond acceptors (Lipinski definition) is 3. The van der Waals surface area contributed by atoms with E-state index >= 15 is 0 Å². The molecular formula is C11H16BrNO3S. The summed E-state index contributed by atoms with van der Waals surface area (Å²) < 4.78 is 32.1. The van der Waals surface area contributed by atoms with Crippen LogP contribution in [0, 0.1) is 6.92 Å². The van der Waals surface area contributed by atoms with Crippen molar-refractivity contribution in [3.05, 3.63) is 28.2 Å². The van der Waals surface area contributed by atoms with E-state index in [0.717, 1.165) is 10.0 Å². The quantitative estimate of drug-likeness (QED) is 0.816. The van der Waals surface area contributed by atoms with Crippen LogP contribution in [-0.4, -0.2) is 28.7 Å². The maximum absolute atomic E-state index is 11.9. The van der Waals surface area contributed by atoms with E-state index in [1.54, 1.807) is 25.3 Å². The molecule has 0 heterocycles. The van der Waals surface area contributed by atoms with Gasteiger partial charge in [-0.15, -0.1) is 0 Å². The topological polar surface area (TPSA) is 55.4 Å². The molecule has 0 aliphatic rings. The molecule has 0 aromatic heterocycles. The van der Waals surface area contributed by atoms with Crippen molar-refractivity contribution < 1.29 is 13.2 Å². The van der Waals surface area contributed by atoms with Crippen molar-refractivity contribution in [2.45, 2.75) is 18.2 Å². The van der Waals surface area contributed by atoms with Gasteiger partial charge in [0.2, 0.25) is 10.0 Å². The van der Waals surface area contributed by atoms with Crippen LogP contribution in [0.2, 0.25) is 0 Å². The number of nitrogens with one attached hydrogen (secondary N) is 1. The molecule has 17 heavy (non-hydrogen) atoms. The van der Waals surface area contributed by atoms with Gasteiger partial charge < -0.3 is 4.74 Å². The number of aryl methyl sites for hydroxylation is 1. The maximum Gasteiger partial charge on any atom is 0.240 e. The minimum absolute atomic E-state index is 0.288. The fraction of sp³-hybridized carbons (Fsp3) is 0.455. The van der Waals surface area contributed by atoms with E-state index in [2.05, 4.69) is 20.7 Å². The monoisotopic (exact) mass is 321 g/mol. The summed E-state index contributed by atoms with van der Waals surface area (Å²) in [5, 5.41) is 0. The van der Waals surface area contributed by atoms with Gasteiger partial charge >= 0.3 is 0 Å². The van der Waals surface area contributed by atoms with Gasteiger partial charge in [-0.1, -0.05) is 15.9 Å². The number of methoxy groups -OCH3 is 1. The Balaban J connectivity index is 2.72. The average Bonchev–Trinajstić information content (AvgIpc) is 2.28. The van der Waals surface area contributed by atoms with Gasteiger partial charge in [0.1, 0.15) is 0 Å². The molecule has 0 spiro atoms. The van der Waals surface area contributed by atoms with Crippen LogP contribution in [0.1, 0.15) is 12.0 Å². The molecule has 0 aliphatic heterocycles. The van der Waals surface area contributed by atoms with E-state index < -0.39 is 10.0 Å². The Bertz CT molecular complexity index is 474. The van der Waals surface area contributed by atoms with Gasteiger partial charge in [-0.2, -0.15) is 0 Å². The van der Waals surface area contributed by atoms with Crippen LogP contribution >= 0.6 is 15.9 Å². The van der Waals surface area contributed by atoms with Gasteiger partial charge in [-0.25, -0.2) is 13.1 Å². The molecule has 0 unspecified atom stereocenters. The zero-order chi connectivity index (χ0) is 12.9. The van der Waals surface area contributed by atoms with Gasteiger partial charge in [0.15, 0.2) is 0 Å². The fourth-order valence-electron chi connectivity index (χ4n) is 1.29. The Hall–Kier alpha value is -0.430. The first-order chi connectivity index (χ1) is 7.97. The second-order valence-corrected chi connectivity index (χ2v) is 6.28. The van der Waals surface area contributed by atoms with E-state index in [9.17, 15) is 8.42 Å². The average molecular weight is 322 g/mol. The first-order valence-corrected chi connectivity index (χ1v) is 7.50. The van der Waals surface area contributed by atoms with Gasteiger partial charge in [0, 0.05) is 24.7 Å². The van der Waals surface area contributed by atoms with Crippen LogP contribution < -0.4 is 4.72 Å². The molecule has 1 aromatic rings. The number of benzene rings is 1. The second-order valence-electron chi connectivity index (χ2n) is 3.66. The molecule has 0 amide bonds. The van der Waals surface area contributed by atoms with Crippen molar-refractivity contribution >= 4 is 26.0 Å². The number of ether oxygens (including phenoxy) is 1. The summed E-state index contributed by atoms with van der Waals surface area (Å²) in [7, 11) is -1.82. The van der Waals surface area contributed by atoms with Crippen molar-refractivity contribution in [3.63, 3.8) is 0 Å². The highest BCUT2D eigenvalue weighted by Gasteiger charge is 2.13. The normalized spacial score (nSPS) is 11.7. The molecule has 6 heteroatoms. The molecular weight excluding hydrogens is 306 g/mol. The van der Waals surface area contributed by atoms with Crippen LogP contribution in [0.25, 0.3) is 0 Å². The third-order valence-electron chi connectivity index (χ3n) is 2.26. The SMILES string of the molecule is COCCCNS(=O)(=O)c1ccc(Br)c(C)c1. The van der Waals surface area contributed by atoms with Gasteiger partial charge in [0.05, 0.1) is 4.90 Å². The minimum atomic E-state index is -3.41. The van der Waals surface area contributed by atoms with Crippen molar-refractivity contribution in [1.82, 2.24) is 4.72 Å². The smallest absolute Gasteiger partial charge is 0.240 e. The Kier molecular flexibility index (Phi) is 5.58. The van der Waals surface area contributed by atoms with Crippen molar-refractivity contribution in [2.75, 3.05) is 20.3 Å². The van der Waals surface area contributed by atoms with Gasteiger partial charge in [-0.05, 0) is 37.1 Å². The summed E-state index contributed by atoms with van der Waals surface area (Å²) in [4.78, 5) is 0.288. The third-order valence-corrected chi connectivity index (χ3v) is 4.61. The fourth-order valence-corrected chi connectivity index (χ4v) is 2.70. The highest BCUT2D eigenvalue weighted by molar-refractivity contribution is 9.10. The summed E-state index contributed by atoms with van der Waals surface area (Å²) in [6.45, 7) is 2.78. The molecule has 4 nitrogen and oxygen atoms in total. The molecule has 1 N–H and O–H groups in total. The van der Waals surface area contributed by atoms with Crippen LogP contribution in [0.5, 0.6) is 0 Å². The molecule has 0 fully saturated rings. The molecule has 96 valence electrons. The Labute approximate surface area is 111 Å². The minimum Gasteiger partial charge on any atom is -0.385 e. The molecule has 1 rings (SSSR count). The van der Waals surface area contributed by atoms with Crippen LogP contribution in [0.4, 0.5) is 0 Å². The first-order valence-electron chi connectivity index (χ1n) is 5.22. The lowest BCUT2D eigenvalue weighted by Crippen LogP contribution is -2.25. The van der Waals surface area contributed by atoms with Crippen LogP contribution in [0.15, 0.2) is 27.6 Å². The molecule has 0 bridgehead atoms. The lowest BCUT2D eigenvalue weighted by atomic mass is 10.2. The van der Waals surface area contributed by atoms with Crippen molar-refractivity contribution in [1.29, 1.82) is 0 Å². The Morgan fingerprint density at radius 3 is 2.71 bits per heavy atom. The Morgan fingerprint density at radius 2 is 2.12 bits per heavy atom. The first kappa shape index (κ1) is 14.6. The van der Waals surface area contributed by atoms with Gasteiger partial charge in [0.25, 0.3) is 0 Å². The van der Waals surface area contributed by atoms with Gasteiger partial charge in [-0.3, -0.25) is 0 Å². The van der Waals surface area contributed by atoms with E-state index in [0.29, 0.717) is 19.6 Å². The highest BCUT2D eigenvalue weighted by atomic mass is 79.9. The number of rotatable bonds is 6. The molecule has 1 aromatic carbocycles. The number of halogens is 1. The lowest BCUT2D eigenvalue weighted by molar-refractivity contribution is 0.196. The summed E-state index contributed by atoms with van der Waals surface area (Å²) in [6, 6.07) is 4.96. The van der Waals surface area contributed by atoms with E-state index in [-0.39, 0.29) is 4.90 Å². The number of sulfonamides is 1. The zero-order valence-corrected chi connectivity index (χ0v) is 12.3. The van der Waals surface area contributed by atoms with E-state index in [1.165, 1.54) is 0 Å². The molecule has 0 saturated carbocycles. The summed E-state index contributed by atoms with van der Waals surface area (Å²) in [5.74, 6) is 0. The zero-order valence-electron chi connectivity index (χ0n) is 9.86. The lowest BCUT2D eigenvalue weighted by Gasteiger charge is -2.07. The summed E-state index contributed by atoms with van der Waals surface area (Å²) in [5.41, 5.74) is 0.893. The van der Waals surface area contributed by atoms with Crippen molar-refractivity contribution in [3.8, 4) is 0 Å². The summed E-state index contributed by atoms with van der Waals surface area (Å²) in [6.07, 6.45) is 0.658. The molecule has 0 atom stereocenters. The standard InChI is InChI=1S/C11H16BrNO3S/c1-9-8-10(4-5-11(9)12)17(14,15)13-6-3-7-16-2/h4-5,8,13H,3,6-7H2,1-2H3. The Morgan fingerprint density at radius 1 is 1.41 bits per heavy atom. The molecule has 0 radical (unpaired) electrons. The number of hydrogen-bond donors (Lipinski definition) is 1. The molecule has 0 aliphatic carbocycles. The van der Waals surface area contributed by atoms with E-state index in [4.69, 9.17) is 4.74 Å². The predicted octanol–water partition coefficient (Wildman–Crippen LogP) is 2.07. The largest absolute Gasteiger partial charge is 0.385 e. The second kappa shape index (κ2) is 6.49. The van der Waals surface area contributed by atoms with Crippen LogP contribution in [-0.2, 0) is 14.8 Å². The highest BCUT2D eigenvalue weighted by Crippen LogP contribution is 2.19. The van der Waals surface area contributed by atoms with Crippen molar-refractivity contribution in [2.24, 2.45) is 0 Å².